The van der Waals surface area contributed by atoms with Crippen LogP contribution in [0.5, 0.6) is 0 Å². The molecule has 3 rings (SSSR count). The molecule has 0 saturated carbocycles. The van der Waals surface area contributed by atoms with Crippen molar-refractivity contribution in [2.24, 2.45) is 0 Å². The van der Waals surface area contributed by atoms with Gasteiger partial charge >= 0.3 is 11.9 Å². The summed E-state index contributed by atoms with van der Waals surface area (Å²) in [6.45, 7) is 0.132. The number of carbonyl (C=O) groups is 2. The summed E-state index contributed by atoms with van der Waals surface area (Å²) >= 11 is 3.06. The highest BCUT2D eigenvalue weighted by molar-refractivity contribution is 7.12. The molecule has 0 radical (unpaired) electrons. The summed E-state index contributed by atoms with van der Waals surface area (Å²) in [6.07, 6.45) is 1.85. The van der Waals surface area contributed by atoms with Crippen LogP contribution in [-0.2, 0) is 20.9 Å². The van der Waals surface area contributed by atoms with E-state index in [9.17, 15) is 9.59 Å². The summed E-state index contributed by atoms with van der Waals surface area (Å²) in [5.41, 5.74) is 1.79. The third-order valence-corrected chi connectivity index (χ3v) is 5.30. The normalized spacial score (nSPS) is 11.2. The summed E-state index contributed by atoms with van der Waals surface area (Å²) in [5, 5.41) is 3.89. The molecule has 0 unspecified atom stereocenters. The van der Waals surface area contributed by atoms with Crippen LogP contribution in [0.4, 0.5) is 0 Å². The van der Waals surface area contributed by atoms with Crippen LogP contribution in [0.15, 0.2) is 59.3 Å². The van der Waals surface area contributed by atoms with E-state index in [2.05, 4.69) is 4.74 Å². The highest BCUT2D eigenvalue weighted by Crippen LogP contribution is 2.26. The van der Waals surface area contributed by atoms with Crippen molar-refractivity contribution < 1.29 is 19.1 Å². The molecule has 6 heteroatoms. The maximum Gasteiger partial charge on any atom is 0.339 e. The average molecular weight is 384 g/mol. The lowest BCUT2D eigenvalue weighted by Gasteiger charge is -2.08. The van der Waals surface area contributed by atoms with E-state index >= 15 is 0 Å². The Kier molecular flexibility index (Phi) is 5.99. The largest absolute Gasteiger partial charge is 0.465 e. The summed E-state index contributed by atoms with van der Waals surface area (Å²) in [7, 11) is 1.34. The molecule has 0 aliphatic heterocycles. The number of carbonyl (C=O) groups excluding carboxylic acids is 2. The summed E-state index contributed by atoms with van der Waals surface area (Å²) in [5.74, 6) is -0.773. The lowest BCUT2D eigenvalue weighted by molar-refractivity contribution is -0.137. The maximum absolute atomic E-state index is 12.6. The van der Waals surface area contributed by atoms with E-state index in [0.29, 0.717) is 11.1 Å². The van der Waals surface area contributed by atoms with Crippen molar-refractivity contribution in [3.63, 3.8) is 0 Å². The van der Waals surface area contributed by atoms with Gasteiger partial charge in [0.2, 0.25) is 0 Å². The van der Waals surface area contributed by atoms with Crippen LogP contribution in [-0.4, -0.2) is 19.0 Å². The molecule has 0 N–H and O–H groups in total. The zero-order valence-electron chi connectivity index (χ0n) is 14.0. The number of methoxy groups -OCH3 is 1. The van der Waals surface area contributed by atoms with Gasteiger partial charge in [0.15, 0.2) is 0 Å². The van der Waals surface area contributed by atoms with Crippen LogP contribution in [0.3, 0.4) is 0 Å². The van der Waals surface area contributed by atoms with Gasteiger partial charge in [0.05, 0.1) is 18.2 Å². The van der Waals surface area contributed by atoms with E-state index in [1.807, 2.05) is 41.1 Å². The fourth-order valence-corrected chi connectivity index (χ4v) is 3.65. The molecule has 0 aliphatic carbocycles. The standard InChI is InChI=1S/C20H16O4S2/c1-23-19(21)15-8-6-14(7-9-15)13-24-20(22)17(18-5-3-11-26-18)12-16-4-2-10-25-16/h2-12H,13H2,1H3/b17-12+. The van der Waals surface area contributed by atoms with E-state index in [1.54, 1.807) is 35.6 Å². The molecular weight excluding hydrogens is 368 g/mol. The number of benzene rings is 1. The second-order valence-electron chi connectivity index (χ2n) is 5.32. The molecule has 0 amide bonds. The van der Waals surface area contributed by atoms with Gasteiger partial charge in [-0.25, -0.2) is 9.59 Å². The quantitative estimate of drug-likeness (QED) is 0.449. The molecule has 0 atom stereocenters. The molecule has 0 fully saturated rings. The van der Waals surface area contributed by atoms with Crippen LogP contribution in [0.25, 0.3) is 11.6 Å². The van der Waals surface area contributed by atoms with Gasteiger partial charge in [-0.15, -0.1) is 22.7 Å². The number of hydrogen-bond donors (Lipinski definition) is 0. The Bertz CT molecular complexity index is 892. The van der Waals surface area contributed by atoms with Crippen LogP contribution in [0, 0.1) is 0 Å². The Hall–Kier alpha value is -2.70. The second-order valence-corrected chi connectivity index (χ2v) is 7.24. The first-order chi connectivity index (χ1) is 12.7. The van der Waals surface area contributed by atoms with Crippen LogP contribution >= 0.6 is 22.7 Å². The number of hydrogen-bond acceptors (Lipinski definition) is 6. The monoisotopic (exact) mass is 384 g/mol. The minimum atomic E-state index is -0.396. The lowest BCUT2D eigenvalue weighted by atomic mass is 10.1. The predicted octanol–water partition coefficient (Wildman–Crippen LogP) is 4.88. The molecule has 1 aromatic carbocycles. The maximum atomic E-state index is 12.6. The number of thiophene rings is 2. The topological polar surface area (TPSA) is 52.6 Å². The number of ether oxygens (including phenoxy) is 2. The zero-order chi connectivity index (χ0) is 18.4. The van der Waals surface area contributed by atoms with Crippen molar-refractivity contribution in [2.45, 2.75) is 6.61 Å². The van der Waals surface area contributed by atoms with Gasteiger partial charge in [-0.05, 0) is 46.7 Å². The second kappa shape index (κ2) is 8.60. The molecular formula is C20H16O4S2. The van der Waals surface area contributed by atoms with E-state index in [-0.39, 0.29) is 12.6 Å². The van der Waals surface area contributed by atoms with Crippen molar-refractivity contribution in [1.29, 1.82) is 0 Å². The van der Waals surface area contributed by atoms with E-state index in [4.69, 9.17) is 4.74 Å². The first kappa shape index (κ1) is 18.1. The number of rotatable bonds is 6. The van der Waals surface area contributed by atoms with Gasteiger partial charge in [0, 0.05) is 9.75 Å². The summed E-state index contributed by atoms with van der Waals surface area (Å²) in [6, 6.07) is 14.5. The fraction of sp³-hybridized carbons (Fsp3) is 0.100. The van der Waals surface area contributed by atoms with Crippen molar-refractivity contribution in [2.75, 3.05) is 7.11 Å². The smallest absolute Gasteiger partial charge is 0.339 e. The van der Waals surface area contributed by atoms with Crippen molar-refractivity contribution in [1.82, 2.24) is 0 Å². The zero-order valence-corrected chi connectivity index (χ0v) is 15.6. The molecule has 2 heterocycles. The SMILES string of the molecule is COC(=O)c1ccc(COC(=O)/C(=C/c2cccs2)c2cccs2)cc1. The lowest BCUT2D eigenvalue weighted by Crippen LogP contribution is -2.07. The highest BCUT2D eigenvalue weighted by Gasteiger charge is 2.15. The molecule has 3 aromatic rings. The Morgan fingerprint density at radius 1 is 1.00 bits per heavy atom. The molecule has 0 aliphatic rings. The third-order valence-electron chi connectivity index (χ3n) is 3.58. The van der Waals surface area contributed by atoms with Crippen molar-refractivity contribution in [3.8, 4) is 0 Å². The van der Waals surface area contributed by atoms with Crippen molar-refractivity contribution >= 4 is 46.3 Å². The molecule has 4 nitrogen and oxygen atoms in total. The Balaban J connectivity index is 1.71. The highest BCUT2D eigenvalue weighted by atomic mass is 32.1. The van der Waals surface area contributed by atoms with Crippen LogP contribution in [0.1, 0.15) is 25.7 Å². The minimum absolute atomic E-state index is 0.132. The van der Waals surface area contributed by atoms with E-state index in [1.165, 1.54) is 18.4 Å². The molecule has 0 spiro atoms. The number of esters is 2. The van der Waals surface area contributed by atoms with Gasteiger partial charge < -0.3 is 9.47 Å². The predicted molar refractivity (Wildman–Crippen MR) is 104 cm³/mol. The fourth-order valence-electron chi connectivity index (χ4n) is 2.26. The first-order valence-corrected chi connectivity index (χ1v) is 9.57. The molecule has 2 aromatic heterocycles. The summed E-state index contributed by atoms with van der Waals surface area (Å²) in [4.78, 5) is 25.9. The van der Waals surface area contributed by atoms with Crippen molar-refractivity contribution in [3.05, 3.63) is 80.2 Å². The van der Waals surface area contributed by atoms with Crippen LogP contribution < -0.4 is 0 Å². The van der Waals surface area contributed by atoms with E-state index < -0.39 is 5.97 Å². The molecule has 0 saturated heterocycles. The Labute approximate surface area is 159 Å². The summed E-state index contributed by atoms with van der Waals surface area (Å²) < 4.78 is 10.1. The van der Waals surface area contributed by atoms with Crippen LogP contribution in [0.2, 0.25) is 0 Å². The molecule has 26 heavy (non-hydrogen) atoms. The average Bonchev–Trinajstić information content (AvgIpc) is 3.37. The first-order valence-electron chi connectivity index (χ1n) is 7.81. The van der Waals surface area contributed by atoms with Gasteiger partial charge in [0.1, 0.15) is 6.61 Å². The third kappa shape index (κ3) is 4.47. The van der Waals surface area contributed by atoms with Gasteiger partial charge in [0.25, 0.3) is 0 Å². The molecule has 132 valence electrons. The minimum Gasteiger partial charge on any atom is -0.465 e. The van der Waals surface area contributed by atoms with Gasteiger partial charge in [-0.1, -0.05) is 24.3 Å². The Morgan fingerprint density at radius 3 is 2.35 bits per heavy atom. The van der Waals surface area contributed by atoms with Gasteiger partial charge in [-0.3, -0.25) is 0 Å². The van der Waals surface area contributed by atoms with E-state index in [0.717, 1.165) is 15.3 Å². The Morgan fingerprint density at radius 2 is 1.73 bits per heavy atom. The molecule has 0 bridgehead atoms. The van der Waals surface area contributed by atoms with Gasteiger partial charge in [-0.2, -0.15) is 0 Å².